The number of anilines is 1. The predicted molar refractivity (Wildman–Crippen MR) is 90.4 cm³/mol. The van der Waals surface area contributed by atoms with Gasteiger partial charge in [-0.3, -0.25) is 0 Å². The van der Waals surface area contributed by atoms with Gasteiger partial charge in [-0.2, -0.15) is 0 Å². The van der Waals surface area contributed by atoms with Crippen LogP contribution in [0.5, 0.6) is 0 Å². The molecule has 1 N–H and O–H groups in total. The van der Waals surface area contributed by atoms with Gasteiger partial charge in [0, 0.05) is 9.35 Å². The second-order valence-electron chi connectivity index (χ2n) is 4.61. The molecule has 5 heteroatoms. The fourth-order valence-electron chi connectivity index (χ4n) is 2.48. The van der Waals surface area contributed by atoms with Gasteiger partial charge in [-0.1, -0.05) is 6.07 Å². The molecule has 100 valence electrons. The molecule has 19 heavy (non-hydrogen) atoms. The fourth-order valence-corrected chi connectivity index (χ4v) is 5.06. The smallest absolute Gasteiger partial charge is 0.147 e. The van der Waals surface area contributed by atoms with E-state index in [-0.39, 0.29) is 11.9 Å². The van der Waals surface area contributed by atoms with Crippen molar-refractivity contribution in [1.82, 2.24) is 0 Å². The topological polar surface area (TPSA) is 12.0 Å². The minimum absolute atomic E-state index is 0.202. The first kappa shape index (κ1) is 13.8. The Kier molecular flexibility index (Phi) is 4.14. The minimum atomic E-state index is -0.202. The maximum absolute atomic E-state index is 13.9. The van der Waals surface area contributed by atoms with Crippen molar-refractivity contribution in [2.45, 2.75) is 25.3 Å². The van der Waals surface area contributed by atoms with Crippen molar-refractivity contribution in [2.75, 3.05) is 5.32 Å². The summed E-state index contributed by atoms with van der Waals surface area (Å²) in [6, 6.07) is 7.52. The van der Waals surface area contributed by atoms with Crippen LogP contribution in [0.15, 0.2) is 28.7 Å². The van der Waals surface area contributed by atoms with Gasteiger partial charge in [0.15, 0.2) is 0 Å². The van der Waals surface area contributed by atoms with Crippen molar-refractivity contribution >= 4 is 55.5 Å². The van der Waals surface area contributed by atoms with Crippen LogP contribution < -0.4 is 5.32 Å². The summed E-state index contributed by atoms with van der Waals surface area (Å²) in [4.78, 5) is 1.45. The van der Waals surface area contributed by atoms with Crippen LogP contribution in [0, 0.1) is 8.70 Å². The highest BCUT2D eigenvalue weighted by atomic mass is 127. The summed E-state index contributed by atoms with van der Waals surface area (Å²) in [6.45, 7) is 0. The Morgan fingerprint density at radius 3 is 3.05 bits per heavy atom. The number of nitrogens with one attached hydrogen (secondary N) is 1. The Labute approximate surface area is 137 Å². The summed E-state index contributed by atoms with van der Waals surface area (Å²) in [5.74, 6) is -0.202. The molecule has 2 aromatic rings. The van der Waals surface area contributed by atoms with E-state index in [1.807, 2.05) is 17.4 Å². The molecule has 1 aromatic carbocycles. The molecule has 1 heterocycles. The molecule has 3 rings (SSSR count). The van der Waals surface area contributed by atoms with E-state index >= 15 is 0 Å². The van der Waals surface area contributed by atoms with Crippen molar-refractivity contribution < 1.29 is 4.39 Å². The van der Waals surface area contributed by atoms with E-state index in [1.54, 1.807) is 6.07 Å². The van der Waals surface area contributed by atoms with E-state index in [1.165, 1.54) is 19.4 Å². The lowest BCUT2D eigenvalue weighted by molar-refractivity contribution is 0.591. The van der Waals surface area contributed by atoms with Crippen LogP contribution in [0.1, 0.15) is 29.3 Å². The number of hydrogen-bond acceptors (Lipinski definition) is 2. The van der Waals surface area contributed by atoms with Gasteiger partial charge in [0.05, 0.1) is 14.6 Å². The first-order chi connectivity index (χ1) is 9.15. The van der Waals surface area contributed by atoms with Crippen LogP contribution in [0.25, 0.3) is 0 Å². The summed E-state index contributed by atoms with van der Waals surface area (Å²) >= 11 is 7.63. The summed E-state index contributed by atoms with van der Waals surface area (Å²) in [5, 5.41) is 3.37. The highest BCUT2D eigenvalue weighted by Gasteiger charge is 2.23. The molecular formula is C14H12BrFINS. The zero-order chi connectivity index (χ0) is 13.4. The highest BCUT2D eigenvalue weighted by Crippen LogP contribution is 2.39. The first-order valence-corrected chi connectivity index (χ1v) is 8.82. The van der Waals surface area contributed by atoms with Crippen molar-refractivity contribution in [1.29, 1.82) is 0 Å². The quantitative estimate of drug-likeness (QED) is 0.573. The molecule has 1 nitrogen and oxygen atoms in total. The Morgan fingerprint density at radius 2 is 2.26 bits per heavy atom. The molecule has 0 fully saturated rings. The molecule has 0 amide bonds. The number of para-hydroxylation sites is 1. The van der Waals surface area contributed by atoms with Crippen LogP contribution in [0.3, 0.4) is 0 Å². The Balaban J connectivity index is 1.92. The number of hydrogen-bond donors (Lipinski definition) is 1. The zero-order valence-electron chi connectivity index (χ0n) is 10.1. The lowest BCUT2D eigenvalue weighted by Crippen LogP contribution is -2.16. The SMILES string of the molecule is Fc1cccc(Br)c1NC1CCCc2sc(I)cc21. The second kappa shape index (κ2) is 5.69. The van der Waals surface area contributed by atoms with E-state index in [2.05, 4.69) is 49.9 Å². The second-order valence-corrected chi connectivity index (χ2v) is 8.50. The summed E-state index contributed by atoms with van der Waals surface area (Å²) in [5.41, 5.74) is 1.91. The number of fused-ring (bicyclic) bond motifs is 1. The molecule has 1 aliphatic rings. The van der Waals surface area contributed by atoms with Gasteiger partial charge >= 0.3 is 0 Å². The standard InChI is InChI=1S/C14H12BrFINS/c15-9-3-1-4-10(16)14(9)18-11-5-2-6-12-8(11)7-13(17)19-12/h1,3-4,7,11,18H,2,5-6H2. The first-order valence-electron chi connectivity index (χ1n) is 6.14. The number of aryl methyl sites for hydroxylation is 1. The van der Waals surface area contributed by atoms with E-state index in [4.69, 9.17) is 0 Å². The molecule has 0 saturated heterocycles. The highest BCUT2D eigenvalue weighted by molar-refractivity contribution is 14.1. The number of rotatable bonds is 2. The van der Waals surface area contributed by atoms with Crippen molar-refractivity contribution in [3.63, 3.8) is 0 Å². The average molecular weight is 452 g/mol. The van der Waals surface area contributed by atoms with E-state index < -0.39 is 0 Å². The van der Waals surface area contributed by atoms with Gasteiger partial charge in [0.25, 0.3) is 0 Å². The van der Waals surface area contributed by atoms with Crippen LogP contribution >= 0.6 is 49.9 Å². The maximum Gasteiger partial charge on any atom is 0.147 e. The third kappa shape index (κ3) is 2.83. The molecule has 1 aromatic heterocycles. The molecule has 0 bridgehead atoms. The third-order valence-electron chi connectivity index (χ3n) is 3.37. The normalized spacial score (nSPS) is 18.2. The zero-order valence-corrected chi connectivity index (χ0v) is 14.6. The van der Waals surface area contributed by atoms with E-state index in [0.717, 1.165) is 23.7 Å². The molecule has 0 spiro atoms. The Hall–Kier alpha value is -0.140. The number of thiophene rings is 1. The van der Waals surface area contributed by atoms with E-state index in [9.17, 15) is 4.39 Å². The molecule has 0 saturated carbocycles. The van der Waals surface area contributed by atoms with Crippen molar-refractivity contribution in [3.05, 3.63) is 47.9 Å². The van der Waals surface area contributed by atoms with Gasteiger partial charge in [0.2, 0.25) is 0 Å². The van der Waals surface area contributed by atoms with Crippen molar-refractivity contribution in [3.8, 4) is 0 Å². The molecule has 1 unspecified atom stereocenters. The summed E-state index contributed by atoms with van der Waals surface area (Å²) < 4.78 is 16.0. The largest absolute Gasteiger partial charge is 0.375 e. The summed E-state index contributed by atoms with van der Waals surface area (Å²) in [7, 11) is 0. The monoisotopic (exact) mass is 451 g/mol. The fraction of sp³-hybridized carbons (Fsp3) is 0.286. The maximum atomic E-state index is 13.9. The number of benzene rings is 1. The van der Waals surface area contributed by atoms with Crippen LogP contribution in [0.4, 0.5) is 10.1 Å². The van der Waals surface area contributed by atoms with Gasteiger partial charge in [-0.05, 0) is 81.5 Å². The Morgan fingerprint density at radius 1 is 1.42 bits per heavy atom. The van der Waals surface area contributed by atoms with Gasteiger partial charge in [-0.15, -0.1) is 11.3 Å². The van der Waals surface area contributed by atoms with Crippen LogP contribution in [0.2, 0.25) is 0 Å². The molecule has 1 aliphatic carbocycles. The van der Waals surface area contributed by atoms with Gasteiger partial charge < -0.3 is 5.32 Å². The predicted octanol–water partition coefficient (Wildman–Crippen LogP) is 5.74. The van der Waals surface area contributed by atoms with Crippen molar-refractivity contribution in [2.24, 2.45) is 0 Å². The third-order valence-corrected chi connectivity index (χ3v) is 6.00. The molecule has 0 aliphatic heterocycles. The minimum Gasteiger partial charge on any atom is -0.375 e. The average Bonchev–Trinajstić information content (AvgIpc) is 2.75. The molecular weight excluding hydrogens is 440 g/mol. The van der Waals surface area contributed by atoms with Gasteiger partial charge in [-0.25, -0.2) is 4.39 Å². The van der Waals surface area contributed by atoms with Gasteiger partial charge in [0.1, 0.15) is 5.82 Å². The molecule has 1 atom stereocenters. The van der Waals surface area contributed by atoms with E-state index in [0.29, 0.717) is 5.69 Å². The lowest BCUT2D eigenvalue weighted by Gasteiger charge is -2.25. The Bertz CT molecular complexity index is 593. The van der Waals surface area contributed by atoms with Crippen LogP contribution in [-0.2, 0) is 6.42 Å². The molecule has 0 radical (unpaired) electrons. The van der Waals surface area contributed by atoms with Crippen LogP contribution in [-0.4, -0.2) is 0 Å². The lowest BCUT2D eigenvalue weighted by atomic mass is 9.94. The number of halogens is 3. The summed E-state index contributed by atoms with van der Waals surface area (Å²) in [6.07, 6.45) is 3.37.